The van der Waals surface area contributed by atoms with E-state index in [1.807, 2.05) is 0 Å². The van der Waals surface area contributed by atoms with Gasteiger partial charge < -0.3 is 26.2 Å². The molecular formula is C28H24F3NO7. The van der Waals surface area contributed by atoms with E-state index in [0.717, 1.165) is 12.1 Å². The lowest BCUT2D eigenvalue weighted by Gasteiger charge is -2.48. The van der Waals surface area contributed by atoms with Gasteiger partial charge in [-0.3, -0.25) is 14.4 Å². The number of phenolic OH excluding ortho intramolecular Hbond substituents is 1. The van der Waals surface area contributed by atoms with Crippen LogP contribution >= 0.6 is 0 Å². The van der Waals surface area contributed by atoms with Crippen LogP contribution in [0.25, 0.3) is 12.2 Å². The molecule has 1 saturated carbocycles. The number of allylic oxidation sites excluding steroid dienone is 1. The van der Waals surface area contributed by atoms with Gasteiger partial charge in [-0.1, -0.05) is 30.4 Å². The second kappa shape index (κ2) is 9.06. The average molecular weight is 543 g/mol. The molecule has 1 fully saturated rings. The van der Waals surface area contributed by atoms with Gasteiger partial charge in [-0.05, 0) is 60.1 Å². The fraction of sp³-hybridized carbons (Fsp3) is 0.321. The second-order valence-electron chi connectivity index (χ2n) is 10.2. The van der Waals surface area contributed by atoms with E-state index in [2.05, 4.69) is 0 Å². The number of amides is 1. The van der Waals surface area contributed by atoms with Gasteiger partial charge in [0, 0.05) is 11.5 Å². The molecule has 2 aromatic carbocycles. The van der Waals surface area contributed by atoms with Crippen molar-refractivity contribution in [3.8, 4) is 5.75 Å². The summed E-state index contributed by atoms with van der Waals surface area (Å²) in [5.41, 5.74) is 2.86. The minimum atomic E-state index is -4.47. The Morgan fingerprint density at radius 3 is 2.31 bits per heavy atom. The first-order valence-electron chi connectivity index (χ1n) is 12.2. The van der Waals surface area contributed by atoms with E-state index < -0.39 is 70.2 Å². The van der Waals surface area contributed by atoms with Crippen LogP contribution in [0, 0.1) is 17.8 Å². The molecule has 2 aromatic rings. The van der Waals surface area contributed by atoms with Crippen LogP contribution in [0.1, 0.15) is 45.5 Å². The lowest BCUT2D eigenvalue weighted by Crippen LogP contribution is -2.63. The molecule has 5 atom stereocenters. The largest absolute Gasteiger partial charge is 0.508 e. The zero-order chi connectivity index (χ0) is 28.4. The molecule has 2 unspecified atom stereocenters. The lowest BCUT2D eigenvalue weighted by atomic mass is 9.57. The van der Waals surface area contributed by atoms with E-state index in [9.17, 15) is 48.0 Å². The first-order valence-corrected chi connectivity index (χ1v) is 12.2. The Morgan fingerprint density at radius 2 is 1.69 bits per heavy atom. The monoisotopic (exact) mass is 543 g/mol. The standard InChI is InChI=1S/C28H24F3NO7/c29-28(30,31)15-6-2-12(3-7-15)1-4-13-5-8-18(33)21-17(13)10-14-9-16-11-19(34)22(26(32)38)25(37)27(16,39)24(36)20(14)23(21)35/h1-8,14,16,19,22,33-34,36,39H,9-11H2,(H2,32,38)/b4-1+/t14-,16+,19?,22?,27+/m1/s1. The van der Waals surface area contributed by atoms with E-state index in [1.165, 1.54) is 18.2 Å². The van der Waals surface area contributed by atoms with Gasteiger partial charge in [0.05, 0.1) is 17.2 Å². The molecule has 0 radical (unpaired) electrons. The fourth-order valence-electron chi connectivity index (χ4n) is 6.08. The number of carbonyl (C=O) groups excluding carboxylic acids is 3. The third-order valence-corrected chi connectivity index (χ3v) is 8.00. The predicted molar refractivity (Wildman–Crippen MR) is 131 cm³/mol. The van der Waals surface area contributed by atoms with Crippen LogP contribution < -0.4 is 5.73 Å². The number of hydrogen-bond donors (Lipinski definition) is 5. The van der Waals surface area contributed by atoms with Gasteiger partial charge in [0.2, 0.25) is 5.91 Å². The molecule has 3 aliphatic rings. The molecule has 0 spiro atoms. The molecule has 0 aromatic heterocycles. The SMILES string of the molecule is NC(=O)C1C(=O)[C@@]2(O)C(O)=C3C(=O)c4c(O)ccc(/C=C/c5ccc(C(F)(F)F)cc5)c4C[C@H]3C[C@H]2CC1O. The van der Waals surface area contributed by atoms with Crippen molar-refractivity contribution >= 4 is 29.6 Å². The summed E-state index contributed by atoms with van der Waals surface area (Å²) >= 11 is 0. The maximum atomic E-state index is 13.6. The van der Waals surface area contributed by atoms with Crippen molar-refractivity contribution in [2.24, 2.45) is 23.5 Å². The highest BCUT2D eigenvalue weighted by Crippen LogP contribution is 2.52. The molecule has 204 valence electrons. The number of hydrogen-bond acceptors (Lipinski definition) is 7. The number of rotatable bonds is 3. The van der Waals surface area contributed by atoms with Gasteiger partial charge in [0.15, 0.2) is 17.2 Å². The summed E-state index contributed by atoms with van der Waals surface area (Å²) in [6.45, 7) is 0. The van der Waals surface area contributed by atoms with Crippen LogP contribution in [0.4, 0.5) is 13.2 Å². The topological polar surface area (TPSA) is 158 Å². The number of halogens is 3. The number of nitrogens with two attached hydrogens (primary N) is 1. The number of benzene rings is 2. The minimum absolute atomic E-state index is 0.0209. The Morgan fingerprint density at radius 1 is 1.03 bits per heavy atom. The lowest BCUT2D eigenvalue weighted by molar-refractivity contribution is -0.167. The number of alkyl halides is 3. The summed E-state index contributed by atoms with van der Waals surface area (Å²) < 4.78 is 38.6. The molecule has 0 saturated heterocycles. The van der Waals surface area contributed by atoms with Gasteiger partial charge in [0.1, 0.15) is 17.4 Å². The molecule has 11 heteroatoms. The highest BCUT2D eigenvalue weighted by atomic mass is 19.4. The Balaban J connectivity index is 1.54. The van der Waals surface area contributed by atoms with Crippen molar-refractivity contribution < 1.29 is 48.0 Å². The number of fused-ring (bicyclic) bond motifs is 3. The number of aliphatic hydroxyl groups excluding tert-OH is 2. The molecule has 3 aliphatic carbocycles. The van der Waals surface area contributed by atoms with Crippen molar-refractivity contribution in [1.82, 2.24) is 0 Å². The second-order valence-corrected chi connectivity index (χ2v) is 10.2. The smallest absolute Gasteiger partial charge is 0.416 e. The summed E-state index contributed by atoms with van der Waals surface area (Å²) in [6.07, 6.45) is -2.86. The Bertz CT molecular complexity index is 1460. The van der Waals surface area contributed by atoms with Gasteiger partial charge in [0.25, 0.3) is 0 Å². The number of aliphatic hydroxyl groups is 3. The molecule has 1 amide bonds. The van der Waals surface area contributed by atoms with Crippen LogP contribution in [-0.2, 0) is 22.2 Å². The molecule has 0 bridgehead atoms. The maximum absolute atomic E-state index is 13.6. The molecule has 0 heterocycles. The van der Waals surface area contributed by atoms with Crippen LogP contribution in [0.3, 0.4) is 0 Å². The highest BCUT2D eigenvalue weighted by molar-refractivity contribution is 6.15. The van der Waals surface area contributed by atoms with E-state index in [4.69, 9.17) is 5.73 Å². The van der Waals surface area contributed by atoms with Gasteiger partial charge in [-0.2, -0.15) is 13.2 Å². The van der Waals surface area contributed by atoms with Gasteiger partial charge in [-0.25, -0.2) is 0 Å². The first kappa shape index (κ1) is 26.6. The number of primary amides is 1. The predicted octanol–water partition coefficient (Wildman–Crippen LogP) is 2.93. The number of ketones is 2. The maximum Gasteiger partial charge on any atom is 0.416 e. The van der Waals surface area contributed by atoms with Crippen LogP contribution in [0.5, 0.6) is 5.75 Å². The summed E-state index contributed by atoms with van der Waals surface area (Å²) in [5, 5.41) is 43.3. The summed E-state index contributed by atoms with van der Waals surface area (Å²) in [6, 6.07) is 7.28. The highest BCUT2D eigenvalue weighted by Gasteiger charge is 2.62. The third kappa shape index (κ3) is 4.12. The minimum Gasteiger partial charge on any atom is -0.508 e. The van der Waals surface area contributed by atoms with E-state index in [-0.39, 0.29) is 30.4 Å². The normalized spacial score (nSPS) is 28.7. The molecule has 0 aliphatic heterocycles. The van der Waals surface area contributed by atoms with Crippen molar-refractivity contribution in [2.75, 3.05) is 0 Å². The van der Waals surface area contributed by atoms with Crippen molar-refractivity contribution in [3.05, 3.63) is 75.5 Å². The van der Waals surface area contributed by atoms with Gasteiger partial charge >= 0.3 is 6.18 Å². The Labute approximate surface area is 219 Å². The molecule has 6 N–H and O–H groups in total. The van der Waals surface area contributed by atoms with Crippen LogP contribution in [0.2, 0.25) is 0 Å². The van der Waals surface area contributed by atoms with Crippen LogP contribution in [0.15, 0.2) is 47.7 Å². The number of phenols is 1. The summed E-state index contributed by atoms with van der Waals surface area (Å²) in [5.74, 6) is -7.89. The number of carbonyl (C=O) groups is 3. The quantitative estimate of drug-likeness (QED) is 0.294. The molecule has 39 heavy (non-hydrogen) atoms. The van der Waals surface area contributed by atoms with Crippen LogP contribution in [-0.4, -0.2) is 49.6 Å². The number of Topliss-reactive ketones (excluding diaryl/α,β-unsaturated/α-hetero) is 2. The van der Waals surface area contributed by atoms with E-state index in [1.54, 1.807) is 18.2 Å². The average Bonchev–Trinajstić information content (AvgIpc) is 2.85. The number of aromatic hydroxyl groups is 1. The molecular weight excluding hydrogens is 519 g/mol. The van der Waals surface area contributed by atoms with Crippen molar-refractivity contribution in [3.63, 3.8) is 0 Å². The van der Waals surface area contributed by atoms with E-state index in [0.29, 0.717) is 16.7 Å². The van der Waals surface area contributed by atoms with Crippen molar-refractivity contribution in [2.45, 2.75) is 37.1 Å². The Kier molecular flexibility index (Phi) is 6.19. The van der Waals surface area contributed by atoms with Gasteiger partial charge in [-0.15, -0.1) is 0 Å². The third-order valence-electron chi connectivity index (χ3n) is 8.00. The fourth-order valence-corrected chi connectivity index (χ4v) is 6.08. The summed E-state index contributed by atoms with van der Waals surface area (Å²) in [7, 11) is 0. The van der Waals surface area contributed by atoms with E-state index >= 15 is 0 Å². The zero-order valence-corrected chi connectivity index (χ0v) is 20.3. The summed E-state index contributed by atoms with van der Waals surface area (Å²) in [4.78, 5) is 38.4. The molecule has 5 rings (SSSR count). The Hall–Kier alpha value is -3.96. The molecule has 8 nitrogen and oxygen atoms in total. The zero-order valence-electron chi connectivity index (χ0n) is 20.3. The van der Waals surface area contributed by atoms with Crippen molar-refractivity contribution in [1.29, 1.82) is 0 Å². The first-order chi connectivity index (χ1) is 18.2.